The van der Waals surface area contributed by atoms with Crippen LogP contribution in [-0.2, 0) is 0 Å². The lowest BCUT2D eigenvalue weighted by Gasteiger charge is -2.13. The molecule has 0 saturated heterocycles. The van der Waals surface area contributed by atoms with Crippen LogP contribution < -0.4 is 16.2 Å². The molecule has 1 amide bonds. The Bertz CT molecular complexity index is 675. The molecule has 3 N–H and O–H groups in total. The molecule has 108 valence electrons. The van der Waals surface area contributed by atoms with E-state index in [0.29, 0.717) is 10.7 Å². The van der Waals surface area contributed by atoms with Gasteiger partial charge in [0.2, 0.25) is 0 Å². The molecule has 0 aliphatic rings. The Labute approximate surface area is 137 Å². The fraction of sp³-hybridized carbons (Fsp3) is 0.0667. The van der Waals surface area contributed by atoms with Crippen LogP contribution in [0.1, 0.15) is 15.9 Å². The van der Waals surface area contributed by atoms with E-state index < -0.39 is 0 Å². The van der Waals surface area contributed by atoms with Gasteiger partial charge in [-0.25, -0.2) is 0 Å². The van der Waals surface area contributed by atoms with Gasteiger partial charge in [0.25, 0.3) is 5.91 Å². The molecule has 0 bridgehead atoms. The van der Waals surface area contributed by atoms with Gasteiger partial charge < -0.3 is 5.32 Å². The Morgan fingerprint density at radius 2 is 1.71 bits per heavy atom. The Morgan fingerprint density at radius 1 is 1.05 bits per heavy atom. The number of nitrogens with one attached hydrogen (secondary N) is 3. The first-order valence-corrected chi connectivity index (χ1v) is 7.45. The number of anilines is 1. The summed E-state index contributed by atoms with van der Waals surface area (Å²) >= 11 is 8.48. The smallest absolute Gasteiger partial charge is 0.270 e. The summed E-state index contributed by atoms with van der Waals surface area (Å²) in [6, 6.07) is 14.9. The molecule has 0 unspecified atom stereocenters. The first-order chi connectivity index (χ1) is 10.1. The number of carbonyl (C=O) groups excluding carboxylic acids is 1. The van der Waals surface area contributed by atoms with Crippen molar-refractivity contribution in [1.82, 2.24) is 10.9 Å². The van der Waals surface area contributed by atoms with E-state index >= 15 is 0 Å². The van der Waals surface area contributed by atoms with Crippen molar-refractivity contribution in [3.8, 4) is 0 Å². The topological polar surface area (TPSA) is 53.2 Å². The minimum atomic E-state index is -0.267. The second-order valence-electron chi connectivity index (χ2n) is 4.33. The number of rotatable bonds is 2. The lowest BCUT2D eigenvalue weighted by Crippen LogP contribution is -2.43. The fourth-order valence-electron chi connectivity index (χ4n) is 1.69. The highest BCUT2D eigenvalue weighted by Gasteiger charge is 2.09. The summed E-state index contributed by atoms with van der Waals surface area (Å²) in [6.07, 6.45) is 0. The number of hydrazine groups is 1. The van der Waals surface area contributed by atoms with Crippen LogP contribution in [0.15, 0.2) is 53.0 Å². The molecule has 6 heteroatoms. The number of hydrogen-bond donors (Lipinski definition) is 3. The van der Waals surface area contributed by atoms with Crippen LogP contribution in [0.5, 0.6) is 0 Å². The van der Waals surface area contributed by atoms with Gasteiger partial charge in [0.05, 0.1) is 5.56 Å². The summed E-state index contributed by atoms with van der Waals surface area (Å²) in [5.41, 5.74) is 7.73. The van der Waals surface area contributed by atoms with Crippen molar-refractivity contribution < 1.29 is 4.79 Å². The Morgan fingerprint density at radius 3 is 2.43 bits per heavy atom. The molecule has 0 radical (unpaired) electrons. The third-order valence-corrected chi connectivity index (χ3v) is 3.70. The van der Waals surface area contributed by atoms with Gasteiger partial charge in [-0.2, -0.15) is 0 Å². The maximum absolute atomic E-state index is 12.0. The van der Waals surface area contributed by atoms with E-state index in [9.17, 15) is 4.79 Å². The largest absolute Gasteiger partial charge is 0.331 e. The molecule has 0 spiro atoms. The van der Waals surface area contributed by atoms with Crippen molar-refractivity contribution >= 4 is 44.9 Å². The molecule has 0 aliphatic heterocycles. The zero-order valence-electron chi connectivity index (χ0n) is 11.3. The highest BCUT2D eigenvalue weighted by Crippen LogP contribution is 2.15. The number of amides is 1. The summed E-state index contributed by atoms with van der Waals surface area (Å²) in [4.78, 5) is 12.0. The van der Waals surface area contributed by atoms with Gasteiger partial charge in [0, 0.05) is 10.2 Å². The maximum atomic E-state index is 12.0. The molecule has 2 rings (SSSR count). The van der Waals surface area contributed by atoms with E-state index in [4.69, 9.17) is 12.2 Å². The normalized spacial score (nSPS) is 9.81. The summed E-state index contributed by atoms with van der Waals surface area (Å²) in [6.45, 7) is 1.98. The SMILES string of the molecule is Cc1ccccc1NC(=S)NNC(=O)c1ccccc1Br. The van der Waals surface area contributed by atoms with E-state index in [2.05, 4.69) is 32.1 Å². The van der Waals surface area contributed by atoms with Gasteiger partial charge in [-0.1, -0.05) is 30.3 Å². The summed E-state index contributed by atoms with van der Waals surface area (Å²) in [7, 11) is 0. The molecular formula is C15H14BrN3OS. The predicted molar refractivity (Wildman–Crippen MR) is 92.1 cm³/mol. The molecule has 0 saturated carbocycles. The molecule has 2 aromatic rings. The molecule has 4 nitrogen and oxygen atoms in total. The highest BCUT2D eigenvalue weighted by molar-refractivity contribution is 9.10. The van der Waals surface area contributed by atoms with Crippen molar-refractivity contribution in [2.45, 2.75) is 6.92 Å². The zero-order valence-corrected chi connectivity index (χ0v) is 13.7. The van der Waals surface area contributed by atoms with Crippen molar-refractivity contribution in [3.05, 3.63) is 64.1 Å². The van der Waals surface area contributed by atoms with Crippen molar-refractivity contribution in [2.75, 3.05) is 5.32 Å². The zero-order chi connectivity index (χ0) is 15.2. The summed E-state index contributed by atoms with van der Waals surface area (Å²) in [5, 5.41) is 3.35. The lowest BCUT2D eigenvalue weighted by atomic mass is 10.2. The van der Waals surface area contributed by atoms with Crippen LogP contribution in [-0.4, -0.2) is 11.0 Å². The highest BCUT2D eigenvalue weighted by atomic mass is 79.9. The number of thiocarbonyl (C=S) groups is 1. The second-order valence-corrected chi connectivity index (χ2v) is 5.59. The maximum Gasteiger partial charge on any atom is 0.270 e. The molecule has 0 aliphatic carbocycles. The Hall–Kier alpha value is -1.92. The fourth-order valence-corrected chi connectivity index (χ4v) is 2.32. The molecule has 0 fully saturated rings. The average molecular weight is 364 g/mol. The summed E-state index contributed by atoms with van der Waals surface area (Å²) in [5.74, 6) is -0.267. The second kappa shape index (κ2) is 7.19. The first-order valence-electron chi connectivity index (χ1n) is 6.25. The van der Waals surface area contributed by atoms with Crippen molar-refractivity contribution in [3.63, 3.8) is 0 Å². The number of carbonyl (C=O) groups is 1. The predicted octanol–water partition coefficient (Wildman–Crippen LogP) is 3.39. The standard InChI is InChI=1S/C15H14BrN3OS/c1-10-6-2-5-9-13(10)17-15(21)19-18-14(20)11-7-3-4-8-12(11)16/h2-9H,1H3,(H,18,20)(H2,17,19,21). The average Bonchev–Trinajstić information content (AvgIpc) is 2.48. The number of aryl methyl sites for hydroxylation is 1. The van der Waals surface area contributed by atoms with Gasteiger partial charge in [-0.05, 0) is 58.8 Å². The number of para-hydroxylation sites is 1. The van der Waals surface area contributed by atoms with Crippen LogP contribution >= 0.6 is 28.1 Å². The molecule has 0 heterocycles. The van der Waals surface area contributed by atoms with Crippen molar-refractivity contribution in [2.24, 2.45) is 0 Å². The van der Waals surface area contributed by atoms with Crippen LogP contribution in [0.3, 0.4) is 0 Å². The van der Waals surface area contributed by atoms with Crippen LogP contribution in [0, 0.1) is 6.92 Å². The molecule has 0 aromatic heterocycles. The molecular weight excluding hydrogens is 350 g/mol. The molecule has 21 heavy (non-hydrogen) atoms. The summed E-state index contributed by atoms with van der Waals surface area (Å²) < 4.78 is 0.724. The minimum absolute atomic E-state index is 0.267. The first kappa shape index (κ1) is 15.5. The monoisotopic (exact) mass is 363 g/mol. The lowest BCUT2D eigenvalue weighted by molar-refractivity contribution is 0.0943. The van der Waals surface area contributed by atoms with Gasteiger partial charge in [-0.15, -0.1) is 0 Å². The van der Waals surface area contributed by atoms with E-state index in [1.807, 2.05) is 37.3 Å². The number of benzene rings is 2. The van der Waals surface area contributed by atoms with Crippen LogP contribution in [0.25, 0.3) is 0 Å². The third kappa shape index (κ3) is 4.27. The minimum Gasteiger partial charge on any atom is -0.331 e. The Balaban J connectivity index is 1.91. The molecule has 0 atom stereocenters. The van der Waals surface area contributed by atoms with Gasteiger partial charge in [-0.3, -0.25) is 15.6 Å². The van der Waals surface area contributed by atoms with Gasteiger partial charge in [0.15, 0.2) is 5.11 Å². The quantitative estimate of drug-likeness (QED) is 0.565. The van der Waals surface area contributed by atoms with E-state index in [0.717, 1.165) is 15.7 Å². The number of hydrogen-bond acceptors (Lipinski definition) is 2. The third-order valence-electron chi connectivity index (χ3n) is 2.80. The Kier molecular flexibility index (Phi) is 5.30. The van der Waals surface area contributed by atoms with Crippen LogP contribution in [0.2, 0.25) is 0 Å². The van der Waals surface area contributed by atoms with Crippen LogP contribution in [0.4, 0.5) is 5.69 Å². The van der Waals surface area contributed by atoms with E-state index in [1.54, 1.807) is 18.2 Å². The van der Waals surface area contributed by atoms with E-state index in [-0.39, 0.29) is 5.91 Å². The van der Waals surface area contributed by atoms with Gasteiger partial charge >= 0.3 is 0 Å². The van der Waals surface area contributed by atoms with Crippen molar-refractivity contribution in [1.29, 1.82) is 0 Å². The van der Waals surface area contributed by atoms with E-state index in [1.165, 1.54) is 0 Å². The molecule has 2 aromatic carbocycles. The van der Waals surface area contributed by atoms with Gasteiger partial charge in [0.1, 0.15) is 0 Å². The number of halogens is 1.